The molecule has 2 aromatic heterocycles. The Bertz CT molecular complexity index is 893. The van der Waals surface area contributed by atoms with Gasteiger partial charge in [-0.25, -0.2) is 9.78 Å². The Morgan fingerprint density at radius 1 is 1.48 bits per heavy atom. The predicted octanol–water partition coefficient (Wildman–Crippen LogP) is -3.43. The van der Waals surface area contributed by atoms with Crippen molar-refractivity contribution in [3.05, 3.63) is 51.3 Å². The van der Waals surface area contributed by atoms with Gasteiger partial charge in [0.1, 0.15) is 18.2 Å². The molecular formula is C15H20N6O6. The van der Waals surface area contributed by atoms with Gasteiger partial charge in [-0.1, -0.05) is 0 Å². The molecule has 1 aliphatic rings. The Hall–Kier alpha value is -2.80. The lowest BCUT2D eigenvalue weighted by Gasteiger charge is -2.24. The summed E-state index contributed by atoms with van der Waals surface area (Å²) in [6.07, 6.45) is 0.906. The zero-order valence-electron chi connectivity index (χ0n) is 14.1. The van der Waals surface area contributed by atoms with Crippen LogP contribution in [-0.4, -0.2) is 66.5 Å². The average Bonchev–Trinajstić information content (AvgIpc) is 3.24. The number of nitrogens with one attached hydrogen (secondary N) is 3. The first-order valence-corrected chi connectivity index (χ1v) is 8.19. The molecule has 1 amide bonds. The van der Waals surface area contributed by atoms with E-state index in [1.54, 1.807) is 0 Å². The van der Waals surface area contributed by atoms with Crippen LogP contribution in [0.15, 0.2) is 34.4 Å². The zero-order valence-corrected chi connectivity index (χ0v) is 14.1. The molecule has 0 spiro atoms. The van der Waals surface area contributed by atoms with E-state index in [2.05, 4.69) is 20.3 Å². The van der Waals surface area contributed by atoms with E-state index >= 15 is 0 Å². The zero-order chi connectivity index (χ0) is 19.6. The molecule has 7 N–H and O–H groups in total. The number of amides is 1. The number of aromatic nitrogens is 4. The quantitative estimate of drug-likeness (QED) is 0.298. The summed E-state index contributed by atoms with van der Waals surface area (Å²) in [6, 6.07) is -0.906. The van der Waals surface area contributed by atoms with Crippen LogP contribution in [0.1, 0.15) is 11.9 Å². The molecule has 0 saturated carbocycles. The fourth-order valence-corrected chi connectivity index (χ4v) is 2.92. The number of aliphatic hydroxyl groups excluding tert-OH is 2. The van der Waals surface area contributed by atoms with Crippen LogP contribution >= 0.6 is 0 Å². The van der Waals surface area contributed by atoms with Crippen molar-refractivity contribution in [3.63, 3.8) is 0 Å². The van der Waals surface area contributed by atoms with Crippen LogP contribution in [0.5, 0.6) is 0 Å². The summed E-state index contributed by atoms with van der Waals surface area (Å²) >= 11 is 0. The highest BCUT2D eigenvalue weighted by molar-refractivity contribution is 5.82. The van der Waals surface area contributed by atoms with Crippen molar-refractivity contribution in [2.45, 2.75) is 36.9 Å². The Labute approximate surface area is 152 Å². The van der Waals surface area contributed by atoms with Crippen LogP contribution in [0.25, 0.3) is 0 Å². The van der Waals surface area contributed by atoms with E-state index in [0.717, 1.165) is 10.6 Å². The number of carbonyl (C=O) groups excluding carboxylic acids is 1. The second kappa shape index (κ2) is 7.84. The van der Waals surface area contributed by atoms with E-state index in [-0.39, 0.29) is 6.42 Å². The highest BCUT2D eigenvalue weighted by Gasteiger charge is 2.45. The first-order valence-electron chi connectivity index (χ1n) is 8.19. The lowest BCUT2D eigenvalue weighted by molar-refractivity contribution is -0.124. The number of aromatic amines is 2. The summed E-state index contributed by atoms with van der Waals surface area (Å²) in [7, 11) is 0. The fraction of sp³-hybridized carbons (Fsp3) is 0.467. The van der Waals surface area contributed by atoms with E-state index in [0.29, 0.717) is 5.69 Å². The minimum absolute atomic E-state index is 0.183. The SMILES string of the molecule is NC(Cc1cnc[nH]1)C(=O)NC1C(O)C(CO)O[C@H]1n1ccc(=O)[nH]c1=O. The molecule has 27 heavy (non-hydrogen) atoms. The van der Waals surface area contributed by atoms with Crippen molar-refractivity contribution >= 4 is 5.91 Å². The lowest BCUT2D eigenvalue weighted by Crippen LogP contribution is -2.53. The van der Waals surface area contributed by atoms with Crippen molar-refractivity contribution in [2.24, 2.45) is 5.73 Å². The van der Waals surface area contributed by atoms with E-state index < -0.39 is 54.3 Å². The lowest BCUT2D eigenvalue weighted by atomic mass is 10.1. The molecular weight excluding hydrogens is 360 g/mol. The number of rotatable bonds is 6. The highest BCUT2D eigenvalue weighted by Crippen LogP contribution is 2.28. The third-order valence-corrected chi connectivity index (χ3v) is 4.32. The summed E-state index contributed by atoms with van der Waals surface area (Å²) in [5, 5.41) is 22.3. The van der Waals surface area contributed by atoms with Crippen molar-refractivity contribution in [3.8, 4) is 0 Å². The number of hydrogen-bond donors (Lipinski definition) is 6. The summed E-state index contributed by atoms with van der Waals surface area (Å²) < 4.78 is 6.52. The normalized spacial score (nSPS) is 26.0. The number of hydrogen-bond acceptors (Lipinski definition) is 8. The van der Waals surface area contributed by atoms with Crippen molar-refractivity contribution in [1.29, 1.82) is 0 Å². The van der Waals surface area contributed by atoms with Crippen molar-refractivity contribution in [1.82, 2.24) is 24.8 Å². The maximum atomic E-state index is 12.4. The number of nitrogens with zero attached hydrogens (tertiary/aromatic N) is 2. The Morgan fingerprint density at radius 2 is 2.26 bits per heavy atom. The third-order valence-electron chi connectivity index (χ3n) is 4.32. The van der Waals surface area contributed by atoms with Gasteiger partial charge in [-0.2, -0.15) is 0 Å². The number of ether oxygens (including phenoxy) is 1. The van der Waals surface area contributed by atoms with Gasteiger partial charge in [0.2, 0.25) is 5.91 Å². The molecule has 1 saturated heterocycles. The maximum absolute atomic E-state index is 12.4. The van der Waals surface area contributed by atoms with Gasteiger partial charge in [0, 0.05) is 30.6 Å². The Morgan fingerprint density at radius 3 is 2.89 bits per heavy atom. The van der Waals surface area contributed by atoms with Gasteiger partial charge in [0.25, 0.3) is 5.56 Å². The van der Waals surface area contributed by atoms with Crippen LogP contribution in [0, 0.1) is 0 Å². The van der Waals surface area contributed by atoms with Crippen molar-refractivity contribution in [2.75, 3.05) is 6.61 Å². The van der Waals surface area contributed by atoms with E-state index in [1.165, 1.54) is 18.7 Å². The minimum atomic E-state index is -1.29. The van der Waals surface area contributed by atoms with Gasteiger partial charge < -0.3 is 31.0 Å². The molecule has 12 nitrogen and oxygen atoms in total. The fourth-order valence-electron chi connectivity index (χ4n) is 2.92. The molecule has 0 bridgehead atoms. The van der Waals surface area contributed by atoms with Gasteiger partial charge in [0.05, 0.1) is 19.0 Å². The van der Waals surface area contributed by atoms with Gasteiger partial charge in [-0.05, 0) is 0 Å². The van der Waals surface area contributed by atoms with E-state index in [9.17, 15) is 24.6 Å². The van der Waals surface area contributed by atoms with Gasteiger partial charge >= 0.3 is 5.69 Å². The molecule has 2 aromatic rings. The summed E-state index contributed by atoms with van der Waals surface area (Å²) in [5.41, 5.74) is 5.16. The van der Waals surface area contributed by atoms with Crippen LogP contribution in [0.4, 0.5) is 0 Å². The summed E-state index contributed by atoms with van der Waals surface area (Å²) in [5.74, 6) is -0.585. The molecule has 146 valence electrons. The predicted molar refractivity (Wildman–Crippen MR) is 90.5 cm³/mol. The molecule has 0 aromatic carbocycles. The largest absolute Gasteiger partial charge is 0.394 e. The second-order valence-electron chi connectivity index (χ2n) is 6.18. The van der Waals surface area contributed by atoms with Crippen LogP contribution in [-0.2, 0) is 16.0 Å². The number of carbonyl (C=O) groups is 1. The van der Waals surface area contributed by atoms with Crippen LogP contribution < -0.4 is 22.3 Å². The molecule has 5 atom stereocenters. The third kappa shape index (κ3) is 3.98. The highest BCUT2D eigenvalue weighted by atomic mass is 16.5. The number of nitrogens with two attached hydrogens (primary N) is 1. The standard InChI is InChI=1S/C15H20N6O6/c16-8(3-7-4-17-6-18-7)13(25)20-11-12(24)9(5-22)27-14(11)21-2-1-10(23)19-15(21)26/h1-2,4,6,8-9,11-12,14,22,24H,3,5,16H2,(H,17,18)(H,20,25)(H,19,23,26)/t8?,9?,11?,12?,14-/m1/s1. The van der Waals surface area contributed by atoms with Gasteiger partial charge in [-0.3, -0.25) is 19.1 Å². The topological polar surface area (TPSA) is 188 Å². The molecule has 0 aliphatic carbocycles. The van der Waals surface area contributed by atoms with Crippen molar-refractivity contribution < 1.29 is 19.7 Å². The van der Waals surface area contributed by atoms with E-state index in [4.69, 9.17) is 10.5 Å². The molecule has 3 heterocycles. The first kappa shape index (κ1) is 19.0. The number of aliphatic hydroxyl groups is 2. The van der Waals surface area contributed by atoms with Crippen LogP contribution in [0.3, 0.4) is 0 Å². The molecule has 3 rings (SSSR count). The molecule has 0 radical (unpaired) electrons. The average molecular weight is 380 g/mol. The smallest absolute Gasteiger partial charge is 0.330 e. The monoisotopic (exact) mass is 380 g/mol. The summed E-state index contributed by atoms with van der Waals surface area (Å²) in [6.45, 7) is -0.525. The second-order valence-corrected chi connectivity index (χ2v) is 6.18. The Balaban J connectivity index is 1.80. The molecule has 1 fully saturated rings. The molecule has 12 heteroatoms. The van der Waals surface area contributed by atoms with Crippen LogP contribution in [0.2, 0.25) is 0 Å². The summed E-state index contributed by atoms with van der Waals surface area (Å²) in [4.78, 5) is 44.5. The maximum Gasteiger partial charge on any atom is 0.330 e. The minimum Gasteiger partial charge on any atom is -0.394 e. The number of imidazole rings is 1. The first-order chi connectivity index (χ1) is 12.9. The molecule has 4 unspecified atom stereocenters. The number of H-pyrrole nitrogens is 2. The molecule has 1 aliphatic heterocycles. The Kier molecular flexibility index (Phi) is 5.51. The van der Waals surface area contributed by atoms with E-state index in [1.807, 2.05) is 0 Å². The van der Waals surface area contributed by atoms with Gasteiger partial charge in [-0.15, -0.1) is 0 Å². The van der Waals surface area contributed by atoms with Gasteiger partial charge in [0.15, 0.2) is 6.23 Å².